The average Bonchev–Trinajstić information content (AvgIpc) is 1.76. The smallest absolute Gasteiger partial charge is 0.0919 e. The molecule has 0 fully saturated rings. The molecule has 1 heterocycles. The van der Waals surface area contributed by atoms with E-state index in [0.717, 1.165) is 0 Å². The van der Waals surface area contributed by atoms with Crippen LogP contribution in [0.25, 0.3) is 0 Å². The molecule has 1 aromatic heterocycles. The van der Waals surface area contributed by atoms with E-state index >= 15 is 0 Å². The second-order valence-electron chi connectivity index (χ2n) is 0.761. The molecule has 0 spiro atoms. The van der Waals surface area contributed by atoms with Crippen LogP contribution in [0.2, 0.25) is 0 Å². The molecule has 0 saturated heterocycles. The number of nitrogens with zero attached hydrogens (tertiary/aromatic N) is 1. The van der Waals surface area contributed by atoms with Gasteiger partial charge in [0.25, 0.3) is 0 Å². The Labute approximate surface area is 49.0 Å². The SMILES string of the molecule is [GaH3].c1c[nH]cn1. The largest absolute Gasteiger partial charge is 0.351 e. The second-order valence-corrected chi connectivity index (χ2v) is 0.761. The monoisotopic (exact) mass is 140 g/mol. The van der Waals surface area contributed by atoms with Crippen LogP contribution >= 0.6 is 0 Å². The number of imidazole rings is 1. The fourth-order valence-corrected chi connectivity index (χ4v) is 0.215. The summed E-state index contributed by atoms with van der Waals surface area (Å²) in [5.41, 5.74) is 0. The van der Waals surface area contributed by atoms with Crippen LogP contribution in [0.4, 0.5) is 0 Å². The van der Waals surface area contributed by atoms with E-state index in [0.29, 0.717) is 0 Å². The molecule has 1 aromatic rings. The van der Waals surface area contributed by atoms with Gasteiger partial charge in [0.15, 0.2) is 0 Å². The summed E-state index contributed by atoms with van der Waals surface area (Å²) < 4.78 is 0. The number of H-pyrrole nitrogens is 1. The molecule has 1 N–H and O–H groups in total. The molecule has 0 bridgehead atoms. The summed E-state index contributed by atoms with van der Waals surface area (Å²) >= 11 is 0. The predicted octanol–water partition coefficient (Wildman–Crippen LogP) is -0.774. The number of aromatic amines is 1. The van der Waals surface area contributed by atoms with Gasteiger partial charge in [-0.1, -0.05) is 0 Å². The first-order valence-corrected chi connectivity index (χ1v) is 1.43. The number of hydrogen-bond acceptors (Lipinski definition) is 1. The molecule has 3 heteroatoms. The van der Waals surface area contributed by atoms with E-state index < -0.39 is 0 Å². The standard InChI is InChI=1S/C3H4N2.Ga.3H/c1-2-5-3-4-1;;;;/h1-3H,(H,4,5);;;;. The van der Waals surface area contributed by atoms with Crippen LogP contribution in [0.3, 0.4) is 0 Å². The summed E-state index contributed by atoms with van der Waals surface area (Å²) in [6.07, 6.45) is 5.08. The third kappa shape index (κ3) is 1.33. The van der Waals surface area contributed by atoms with E-state index in [1.54, 1.807) is 18.7 Å². The fourth-order valence-electron chi connectivity index (χ4n) is 0.215. The zero-order valence-electron chi connectivity index (χ0n) is 2.68. The topological polar surface area (TPSA) is 28.7 Å². The third-order valence-corrected chi connectivity index (χ3v) is 0.406. The van der Waals surface area contributed by atoms with E-state index in [-0.39, 0.29) is 19.8 Å². The van der Waals surface area contributed by atoms with Gasteiger partial charge in [-0.3, -0.25) is 0 Å². The van der Waals surface area contributed by atoms with Gasteiger partial charge < -0.3 is 4.98 Å². The van der Waals surface area contributed by atoms with Crippen molar-refractivity contribution in [2.45, 2.75) is 0 Å². The van der Waals surface area contributed by atoms with Gasteiger partial charge in [-0.05, 0) is 0 Å². The Balaban J connectivity index is 0.000000250. The molecule has 0 unspecified atom stereocenters. The van der Waals surface area contributed by atoms with Crippen molar-refractivity contribution in [3.63, 3.8) is 0 Å². The first-order valence-electron chi connectivity index (χ1n) is 1.43. The Morgan fingerprint density at radius 2 is 2.33 bits per heavy atom. The normalized spacial score (nSPS) is 6.67. The molecule has 0 aliphatic heterocycles. The number of hydrogen-bond donors (Lipinski definition) is 1. The van der Waals surface area contributed by atoms with Gasteiger partial charge >= 0.3 is 19.8 Å². The Bertz CT molecular complexity index is 65.3. The van der Waals surface area contributed by atoms with Crippen molar-refractivity contribution in [2.75, 3.05) is 0 Å². The Morgan fingerprint density at radius 3 is 2.50 bits per heavy atom. The number of aromatic nitrogens is 2. The molecule has 1 rings (SSSR count). The van der Waals surface area contributed by atoms with Crippen molar-refractivity contribution in [1.82, 2.24) is 9.97 Å². The maximum atomic E-state index is 3.67. The van der Waals surface area contributed by atoms with Gasteiger partial charge in [0.2, 0.25) is 0 Å². The van der Waals surface area contributed by atoms with E-state index in [1.165, 1.54) is 0 Å². The van der Waals surface area contributed by atoms with Crippen LogP contribution in [0.5, 0.6) is 0 Å². The quantitative estimate of drug-likeness (QED) is 0.472. The zero-order valence-corrected chi connectivity index (χ0v) is 2.68. The van der Waals surface area contributed by atoms with Gasteiger partial charge in [-0.2, -0.15) is 0 Å². The molecule has 0 amide bonds. The van der Waals surface area contributed by atoms with Crippen LogP contribution in [-0.2, 0) is 0 Å². The van der Waals surface area contributed by atoms with Crippen molar-refractivity contribution in [3.05, 3.63) is 18.7 Å². The molecular weight excluding hydrogens is 134 g/mol. The van der Waals surface area contributed by atoms with Crippen molar-refractivity contribution < 1.29 is 0 Å². The van der Waals surface area contributed by atoms with Crippen LogP contribution < -0.4 is 0 Å². The summed E-state index contributed by atoms with van der Waals surface area (Å²) in [6, 6.07) is 0. The van der Waals surface area contributed by atoms with Gasteiger partial charge in [-0.15, -0.1) is 0 Å². The van der Waals surface area contributed by atoms with E-state index in [4.69, 9.17) is 0 Å². The van der Waals surface area contributed by atoms with Gasteiger partial charge in [0.05, 0.1) is 6.33 Å². The molecule has 2 nitrogen and oxygen atoms in total. The summed E-state index contributed by atoms with van der Waals surface area (Å²) in [6.45, 7) is 0. The molecule has 6 heavy (non-hydrogen) atoms. The summed E-state index contributed by atoms with van der Waals surface area (Å²) in [4.78, 5) is 6.42. The van der Waals surface area contributed by atoms with E-state index in [2.05, 4.69) is 9.97 Å². The molecule has 0 radical (unpaired) electrons. The Kier molecular flexibility index (Phi) is 2.97. The minimum atomic E-state index is 0. The fraction of sp³-hybridized carbons (Fsp3) is 0. The van der Waals surface area contributed by atoms with Gasteiger partial charge in [0.1, 0.15) is 0 Å². The minimum absolute atomic E-state index is 0. The molecule has 0 atom stereocenters. The van der Waals surface area contributed by atoms with Crippen molar-refractivity contribution in [3.8, 4) is 0 Å². The second kappa shape index (κ2) is 3.05. The average molecular weight is 141 g/mol. The van der Waals surface area contributed by atoms with Crippen molar-refractivity contribution in [2.24, 2.45) is 0 Å². The summed E-state index contributed by atoms with van der Waals surface area (Å²) in [7, 11) is 0. The molecule has 0 saturated carbocycles. The maximum Gasteiger partial charge on any atom is 0.0919 e. The van der Waals surface area contributed by atoms with E-state index in [1.807, 2.05) is 0 Å². The third-order valence-electron chi connectivity index (χ3n) is 0.406. The Hall–Kier alpha value is -0.154. The molecule has 0 aromatic carbocycles. The summed E-state index contributed by atoms with van der Waals surface area (Å²) in [5.74, 6) is 0. The minimum Gasteiger partial charge on any atom is -0.351 e. The summed E-state index contributed by atoms with van der Waals surface area (Å²) in [5, 5.41) is 0. The molecular formula is C3H7GaN2. The van der Waals surface area contributed by atoms with Gasteiger partial charge in [-0.25, -0.2) is 4.98 Å². The zero-order chi connectivity index (χ0) is 3.54. The molecule has 0 aliphatic carbocycles. The first kappa shape index (κ1) is 5.85. The van der Waals surface area contributed by atoms with E-state index in [9.17, 15) is 0 Å². The van der Waals surface area contributed by atoms with Crippen LogP contribution in [0.15, 0.2) is 18.7 Å². The van der Waals surface area contributed by atoms with Crippen LogP contribution in [0, 0.1) is 0 Å². The Morgan fingerprint density at radius 1 is 1.50 bits per heavy atom. The molecule has 0 aliphatic rings. The first-order chi connectivity index (χ1) is 2.50. The van der Waals surface area contributed by atoms with Crippen LogP contribution in [-0.4, -0.2) is 29.8 Å². The van der Waals surface area contributed by atoms with Gasteiger partial charge in [0, 0.05) is 12.4 Å². The number of rotatable bonds is 0. The maximum absolute atomic E-state index is 3.67. The van der Waals surface area contributed by atoms with Crippen molar-refractivity contribution >= 4 is 19.8 Å². The van der Waals surface area contributed by atoms with Crippen molar-refractivity contribution in [1.29, 1.82) is 0 Å². The number of nitrogens with one attached hydrogen (secondary N) is 1. The predicted molar refractivity (Wildman–Crippen MR) is 28.5 cm³/mol. The van der Waals surface area contributed by atoms with Crippen LogP contribution in [0.1, 0.15) is 0 Å². The molecule has 32 valence electrons.